The maximum absolute atomic E-state index is 13.6. The molecule has 1 aliphatic heterocycles. The smallest absolute Gasteiger partial charge is 0.246 e. The molecule has 3 aromatic carbocycles. The van der Waals surface area contributed by atoms with E-state index in [0.717, 1.165) is 10.6 Å². The second kappa shape index (κ2) is 11.2. The van der Waals surface area contributed by atoms with Crippen LogP contribution in [0.3, 0.4) is 0 Å². The summed E-state index contributed by atoms with van der Waals surface area (Å²) in [5.41, 5.74) is 2.66. The highest BCUT2D eigenvalue weighted by Crippen LogP contribution is 2.30. The minimum atomic E-state index is -3.77. The van der Waals surface area contributed by atoms with E-state index in [9.17, 15) is 17.6 Å². The zero-order valence-corrected chi connectivity index (χ0v) is 21.4. The first-order chi connectivity index (χ1) is 17.3. The number of rotatable bonds is 8. The van der Waals surface area contributed by atoms with Gasteiger partial charge in [-0.3, -0.25) is 14.0 Å². The maximum Gasteiger partial charge on any atom is 0.246 e. The summed E-state index contributed by atoms with van der Waals surface area (Å²) in [6, 6.07) is 25.0. The highest BCUT2D eigenvalue weighted by Gasteiger charge is 2.36. The second-order valence-electron chi connectivity index (χ2n) is 9.04. The van der Waals surface area contributed by atoms with E-state index in [4.69, 9.17) is 0 Å². The topological polar surface area (TPSA) is 60.9 Å². The van der Waals surface area contributed by atoms with Crippen molar-refractivity contribution in [3.8, 4) is 0 Å². The normalized spacial score (nSPS) is 15.6. The molecule has 0 radical (unpaired) electrons. The first-order valence-electron chi connectivity index (χ1n) is 12.2. The molecule has 0 saturated carbocycles. The molecule has 1 heterocycles. The quantitative estimate of drug-likeness (QED) is 0.454. The molecule has 0 N–H and O–H groups in total. The Morgan fingerprint density at radius 2 is 1.36 bits per heavy atom. The van der Waals surface area contributed by atoms with E-state index in [-0.39, 0.29) is 17.6 Å². The zero-order valence-electron chi connectivity index (χ0n) is 20.6. The summed E-state index contributed by atoms with van der Waals surface area (Å²) in [5.74, 6) is -0.697. The summed E-state index contributed by atoms with van der Waals surface area (Å²) >= 11 is 0. The maximum atomic E-state index is 13.6. The Kier molecular flexibility index (Phi) is 8.06. The number of hydrogen-bond donors (Lipinski definition) is 0. The molecule has 0 spiro atoms. The molecule has 1 unspecified atom stereocenters. The van der Waals surface area contributed by atoms with Crippen LogP contribution in [0, 0.1) is 5.82 Å². The van der Waals surface area contributed by atoms with Crippen LogP contribution >= 0.6 is 0 Å². The third-order valence-electron chi connectivity index (χ3n) is 6.61. The van der Waals surface area contributed by atoms with Crippen molar-refractivity contribution in [2.24, 2.45) is 0 Å². The van der Waals surface area contributed by atoms with Crippen LogP contribution in [-0.2, 0) is 14.8 Å². The van der Waals surface area contributed by atoms with Crippen LogP contribution in [0.15, 0.2) is 84.9 Å². The zero-order chi connectivity index (χ0) is 25.7. The van der Waals surface area contributed by atoms with Gasteiger partial charge in [0.05, 0.1) is 18.0 Å². The standard InChI is InChI=1S/C28H32FN3O3S/c1-3-26(32(36(2,34)35)25-16-14-24(29)15-17-25)28(33)31-20-18-30(19-21-31)27(22-10-6-4-7-11-22)23-12-8-5-9-13-23/h4-17,26-27H,3,18-21H2,1-2H3. The molecular weight excluding hydrogens is 477 g/mol. The van der Waals surface area contributed by atoms with Crippen LogP contribution in [0.25, 0.3) is 0 Å². The number of amides is 1. The lowest BCUT2D eigenvalue weighted by atomic mass is 9.96. The van der Waals surface area contributed by atoms with Crippen molar-refractivity contribution in [1.82, 2.24) is 9.80 Å². The minimum absolute atomic E-state index is 0.0679. The molecule has 36 heavy (non-hydrogen) atoms. The summed E-state index contributed by atoms with van der Waals surface area (Å²) in [7, 11) is -3.77. The molecule has 4 rings (SSSR count). The summed E-state index contributed by atoms with van der Waals surface area (Å²) < 4.78 is 40.0. The van der Waals surface area contributed by atoms with Gasteiger partial charge in [0.15, 0.2) is 0 Å². The van der Waals surface area contributed by atoms with E-state index in [1.54, 1.807) is 11.8 Å². The average Bonchev–Trinajstić information content (AvgIpc) is 2.89. The van der Waals surface area contributed by atoms with Crippen molar-refractivity contribution >= 4 is 21.6 Å². The number of carbonyl (C=O) groups is 1. The predicted molar refractivity (Wildman–Crippen MR) is 141 cm³/mol. The monoisotopic (exact) mass is 509 g/mol. The molecule has 190 valence electrons. The van der Waals surface area contributed by atoms with E-state index in [1.165, 1.54) is 35.4 Å². The van der Waals surface area contributed by atoms with Gasteiger partial charge in [-0.15, -0.1) is 0 Å². The third-order valence-corrected chi connectivity index (χ3v) is 7.79. The number of sulfonamides is 1. The Hall–Kier alpha value is -3.23. The van der Waals surface area contributed by atoms with Gasteiger partial charge in [0.1, 0.15) is 11.9 Å². The molecule has 0 aliphatic carbocycles. The Morgan fingerprint density at radius 3 is 1.81 bits per heavy atom. The predicted octanol–water partition coefficient (Wildman–Crippen LogP) is 4.30. The fourth-order valence-corrected chi connectivity index (χ4v) is 6.13. The van der Waals surface area contributed by atoms with Crippen molar-refractivity contribution in [3.63, 3.8) is 0 Å². The molecule has 1 aliphatic rings. The number of anilines is 1. The van der Waals surface area contributed by atoms with Gasteiger partial charge in [0, 0.05) is 26.2 Å². The van der Waals surface area contributed by atoms with Crippen LogP contribution in [0.1, 0.15) is 30.5 Å². The molecule has 1 atom stereocenters. The molecule has 1 amide bonds. The highest BCUT2D eigenvalue weighted by molar-refractivity contribution is 7.92. The SMILES string of the molecule is CCC(C(=O)N1CCN(C(c2ccccc2)c2ccccc2)CC1)N(c1ccc(F)cc1)S(C)(=O)=O. The first-order valence-corrected chi connectivity index (χ1v) is 14.0. The van der Waals surface area contributed by atoms with E-state index < -0.39 is 21.9 Å². The van der Waals surface area contributed by atoms with Crippen molar-refractivity contribution in [1.29, 1.82) is 0 Å². The molecule has 1 fully saturated rings. The molecule has 0 bridgehead atoms. The number of carbonyl (C=O) groups excluding carboxylic acids is 1. The van der Waals surface area contributed by atoms with Gasteiger partial charge in [-0.2, -0.15) is 0 Å². The van der Waals surface area contributed by atoms with E-state index in [2.05, 4.69) is 29.2 Å². The average molecular weight is 510 g/mol. The number of benzene rings is 3. The van der Waals surface area contributed by atoms with Crippen LogP contribution in [-0.4, -0.2) is 62.6 Å². The van der Waals surface area contributed by atoms with Crippen LogP contribution in [0.5, 0.6) is 0 Å². The summed E-state index contributed by atoms with van der Waals surface area (Å²) in [5, 5.41) is 0. The van der Waals surface area contributed by atoms with Gasteiger partial charge < -0.3 is 4.90 Å². The Bertz CT molecular complexity index is 1210. The number of piperazine rings is 1. The summed E-state index contributed by atoms with van der Waals surface area (Å²) in [4.78, 5) is 17.7. The third kappa shape index (κ3) is 5.77. The second-order valence-corrected chi connectivity index (χ2v) is 10.9. The molecule has 1 saturated heterocycles. The van der Waals surface area contributed by atoms with Crippen molar-refractivity contribution < 1.29 is 17.6 Å². The Labute approximate surface area is 213 Å². The summed E-state index contributed by atoms with van der Waals surface area (Å²) in [6.45, 7) is 4.10. The van der Waals surface area contributed by atoms with Gasteiger partial charge >= 0.3 is 0 Å². The number of hydrogen-bond acceptors (Lipinski definition) is 4. The van der Waals surface area contributed by atoms with Gasteiger partial charge in [-0.05, 0) is 41.8 Å². The fourth-order valence-electron chi connectivity index (χ4n) is 4.93. The minimum Gasteiger partial charge on any atom is -0.338 e. The van der Waals surface area contributed by atoms with Crippen LogP contribution in [0.2, 0.25) is 0 Å². The van der Waals surface area contributed by atoms with Gasteiger partial charge in [0.2, 0.25) is 15.9 Å². The molecule has 6 nitrogen and oxygen atoms in total. The summed E-state index contributed by atoms with van der Waals surface area (Å²) in [6.07, 6.45) is 1.38. The van der Waals surface area contributed by atoms with E-state index in [1.807, 2.05) is 36.4 Å². The Balaban J connectivity index is 1.53. The van der Waals surface area contributed by atoms with Crippen LogP contribution in [0.4, 0.5) is 10.1 Å². The number of nitrogens with zero attached hydrogens (tertiary/aromatic N) is 3. The van der Waals surface area contributed by atoms with Crippen molar-refractivity contribution in [2.45, 2.75) is 25.4 Å². The lowest BCUT2D eigenvalue weighted by Gasteiger charge is -2.41. The van der Waals surface area contributed by atoms with Gasteiger partial charge in [-0.1, -0.05) is 67.6 Å². The van der Waals surface area contributed by atoms with Gasteiger partial charge in [0.25, 0.3) is 0 Å². The van der Waals surface area contributed by atoms with Crippen LogP contribution < -0.4 is 4.31 Å². The van der Waals surface area contributed by atoms with Crippen molar-refractivity contribution in [2.75, 3.05) is 36.7 Å². The Morgan fingerprint density at radius 1 is 0.861 bits per heavy atom. The molecule has 8 heteroatoms. The number of halogens is 1. The lowest BCUT2D eigenvalue weighted by Crippen LogP contribution is -2.56. The highest BCUT2D eigenvalue weighted by atomic mass is 32.2. The lowest BCUT2D eigenvalue weighted by molar-refractivity contribution is -0.134. The molecule has 0 aromatic heterocycles. The largest absolute Gasteiger partial charge is 0.338 e. The van der Waals surface area contributed by atoms with Crippen molar-refractivity contribution in [3.05, 3.63) is 102 Å². The molecular formula is C28H32FN3O3S. The fraction of sp³-hybridized carbons (Fsp3) is 0.321. The van der Waals surface area contributed by atoms with E-state index >= 15 is 0 Å². The van der Waals surface area contributed by atoms with E-state index in [0.29, 0.717) is 32.6 Å². The first kappa shape index (κ1) is 25.9. The van der Waals surface area contributed by atoms with Gasteiger partial charge in [-0.25, -0.2) is 12.8 Å². The molecule has 3 aromatic rings.